The van der Waals surface area contributed by atoms with Gasteiger partial charge in [0.05, 0.1) is 7.11 Å². The lowest BCUT2D eigenvalue weighted by Crippen LogP contribution is -2.36. The van der Waals surface area contributed by atoms with Crippen molar-refractivity contribution in [1.82, 2.24) is 15.0 Å². The highest BCUT2D eigenvalue weighted by molar-refractivity contribution is 5.38. The second-order valence-electron chi connectivity index (χ2n) is 4.73. The number of hydrogen-bond acceptors (Lipinski definition) is 7. The lowest BCUT2D eigenvalue weighted by Gasteiger charge is -2.28. The molecule has 18 heavy (non-hydrogen) atoms. The molecule has 0 aliphatic carbocycles. The molecule has 0 aromatic carbocycles. The summed E-state index contributed by atoms with van der Waals surface area (Å²) in [6.45, 7) is 9.34. The number of nitrogens with zero attached hydrogens (tertiary/aromatic N) is 4. The number of hydrazine groups is 1. The maximum Gasteiger partial charge on any atom is 0.322 e. The predicted octanol–water partition coefficient (Wildman–Crippen LogP) is 1.04. The number of hydrogen-bond donors (Lipinski definition) is 2. The summed E-state index contributed by atoms with van der Waals surface area (Å²) in [6, 6.07) is 0.535. The Morgan fingerprint density at radius 2 is 1.89 bits per heavy atom. The van der Waals surface area contributed by atoms with Crippen LogP contribution in [0.5, 0.6) is 6.01 Å². The molecule has 0 saturated heterocycles. The van der Waals surface area contributed by atoms with E-state index in [9.17, 15) is 0 Å². The average Bonchev–Trinajstić information content (AvgIpc) is 2.34. The molecule has 1 heterocycles. The summed E-state index contributed by atoms with van der Waals surface area (Å²) in [5.74, 6) is 6.71. The van der Waals surface area contributed by atoms with Crippen LogP contribution in [0.2, 0.25) is 0 Å². The fourth-order valence-corrected chi connectivity index (χ4v) is 1.55. The highest BCUT2D eigenvalue weighted by Crippen LogP contribution is 2.17. The van der Waals surface area contributed by atoms with Crippen LogP contribution in [-0.2, 0) is 0 Å². The van der Waals surface area contributed by atoms with Crippen molar-refractivity contribution in [3.63, 3.8) is 0 Å². The molecule has 0 radical (unpaired) electrons. The van der Waals surface area contributed by atoms with E-state index in [0.29, 0.717) is 17.8 Å². The number of aromatic nitrogens is 3. The molecule has 0 amide bonds. The van der Waals surface area contributed by atoms with Gasteiger partial charge < -0.3 is 9.64 Å². The third-order valence-electron chi connectivity index (χ3n) is 2.36. The number of ether oxygens (including phenoxy) is 1. The normalized spacial score (nSPS) is 10.9. The summed E-state index contributed by atoms with van der Waals surface area (Å²) < 4.78 is 5.05. The molecule has 1 rings (SSSR count). The van der Waals surface area contributed by atoms with E-state index < -0.39 is 0 Å². The molecular weight excluding hydrogens is 232 g/mol. The Kier molecular flexibility index (Phi) is 5.08. The van der Waals surface area contributed by atoms with E-state index in [0.717, 1.165) is 6.54 Å². The van der Waals surface area contributed by atoms with Crippen LogP contribution >= 0.6 is 0 Å². The van der Waals surface area contributed by atoms with E-state index in [-0.39, 0.29) is 12.1 Å². The lowest BCUT2D eigenvalue weighted by atomic mass is 10.2. The second-order valence-corrected chi connectivity index (χ2v) is 4.73. The van der Waals surface area contributed by atoms with Gasteiger partial charge >= 0.3 is 6.01 Å². The fourth-order valence-electron chi connectivity index (χ4n) is 1.55. The van der Waals surface area contributed by atoms with Gasteiger partial charge in [0.25, 0.3) is 0 Å². The average molecular weight is 254 g/mol. The first-order chi connectivity index (χ1) is 8.47. The molecule has 0 aliphatic rings. The van der Waals surface area contributed by atoms with Crippen molar-refractivity contribution in [2.45, 2.75) is 33.7 Å². The number of anilines is 2. The van der Waals surface area contributed by atoms with Gasteiger partial charge in [0.2, 0.25) is 11.9 Å². The van der Waals surface area contributed by atoms with Crippen LogP contribution in [0.15, 0.2) is 0 Å². The first-order valence-corrected chi connectivity index (χ1v) is 6.01. The van der Waals surface area contributed by atoms with Gasteiger partial charge in [0, 0.05) is 12.6 Å². The highest BCUT2D eigenvalue weighted by atomic mass is 16.5. The first kappa shape index (κ1) is 14.4. The van der Waals surface area contributed by atoms with E-state index in [4.69, 9.17) is 10.6 Å². The van der Waals surface area contributed by atoms with Gasteiger partial charge in [-0.05, 0) is 19.8 Å². The molecule has 0 bridgehead atoms. The number of nitrogens with one attached hydrogen (secondary N) is 1. The molecule has 0 aliphatic heterocycles. The van der Waals surface area contributed by atoms with Crippen molar-refractivity contribution >= 4 is 11.9 Å². The molecule has 0 unspecified atom stereocenters. The van der Waals surface area contributed by atoms with E-state index in [1.807, 2.05) is 0 Å². The van der Waals surface area contributed by atoms with Crippen LogP contribution in [0, 0.1) is 5.92 Å². The third-order valence-corrected chi connectivity index (χ3v) is 2.36. The Morgan fingerprint density at radius 3 is 2.33 bits per heavy atom. The molecular formula is C11H22N6O. The number of rotatable bonds is 6. The Labute approximate surface area is 108 Å². The summed E-state index contributed by atoms with van der Waals surface area (Å²) >= 11 is 0. The standard InChI is InChI=1S/C11H22N6O/c1-7(2)6-17(8(3)4)10-13-9(16-12)14-11(15-10)18-5/h7-8H,6,12H2,1-5H3,(H,13,14,15,16). The third kappa shape index (κ3) is 3.69. The molecule has 0 fully saturated rings. The van der Waals surface area contributed by atoms with Crippen LogP contribution in [-0.4, -0.2) is 34.6 Å². The summed E-state index contributed by atoms with van der Waals surface area (Å²) in [6.07, 6.45) is 0. The Morgan fingerprint density at radius 1 is 1.22 bits per heavy atom. The van der Waals surface area contributed by atoms with E-state index in [1.54, 1.807) is 0 Å². The molecule has 7 heteroatoms. The van der Waals surface area contributed by atoms with Gasteiger partial charge in [0.15, 0.2) is 0 Å². The van der Waals surface area contributed by atoms with Crippen molar-refractivity contribution in [1.29, 1.82) is 0 Å². The first-order valence-electron chi connectivity index (χ1n) is 6.01. The summed E-state index contributed by atoms with van der Waals surface area (Å²) in [5.41, 5.74) is 2.42. The van der Waals surface area contributed by atoms with Gasteiger partial charge in [-0.2, -0.15) is 15.0 Å². The monoisotopic (exact) mass is 254 g/mol. The van der Waals surface area contributed by atoms with Crippen molar-refractivity contribution in [2.75, 3.05) is 24.0 Å². The molecule has 0 spiro atoms. The Bertz CT molecular complexity index is 360. The Balaban J connectivity index is 3.09. The van der Waals surface area contributed by atoms with E-state index in [2.05, 4.69) is 53.0 Å². The summed E-state index contributed by atoms with van der Waals surface area (Å²) in [7, 11) is 1.52. The molecule has 0 atom stereocenters. The van der Waals surface area contributed by atoms with Gasteiger partial charge in [-0.25, -0.2) is 5.84 Å². The van der Waals surface area contributed by atoms with Gasteiger partial charge in [-0.3, -0.25) is 5.43 Å². The fraction of sp³-hybridized carbons (Fsp3) is 0.727. The largest absolute Gasteiger partial charge is 0.467 e. The van der Waals surface area contributed by atoms with Crippen LogP contribution in [0.4, 0.5) is 11.9 Å². The Hall–Kier alpha value is -1.63. The van der Waals surface area contributed by atoms with Crippen LogP contribution in [0.3, 0.4) is 0 Å². The highest BCUT2D eigenvalue weighted by Gasteiger charge is 2.17. The zero-order valence-electron chi connectivity index (χ0n) is 11.6. The van der Waals surface area contributed by atoms with Crippen molar-refractivity contribution in [3.05, 3.63) is 0 Å². The predicted molar refractivity (Wildman–Crippen MR) is 71.5 cm³/mol. The zero-order chi connectivity index (χ0) is 13.7. The molecule has 102 valence electrons. The van der Waals surface area contributed by atoms with E-state index in [1.165, 1.54) is 7.11 Å². The molecule has 3 N–H and O–H groups in total. The summed E-state index contributed by atoms with van der Waals surface area (Å²) in [5, 5.41) is 0. The second kappa shape index (κ2) is 6.34. The minimum absolute atomic E-state index is 0.252. The van der Waals surface area contributed by atoms with Gasteiger partial charge in [-0.1, -0.05) is 13.8 Å². The minimum atomic E-state index is 0.252. The quantitative estimate of drug-likeness (QED) is 0.579. The van der Waals surface area contributed by atoms with Crippen molar-refractivity contribution < 1.29 is 4.74 Å². The van der Waals surface area contributed by atoms with Crippen molar-refractivity contribution in [2.24, 2.45) is 11.8 Å². The van der Waals surface area contributed by atoms with Crippen molar-refractivity contribution in [3.8, 4) is 6.01 Å². The number of nitrogen functional groups attached to an aromatic ring is 1. The van der Waals surface area contributed by atoms with Crippen LogP contribution in [0.25, 0.3) is 0 Å². The van der Waals surface area contributed by atoms with Crippen LogP contribution in [0.1, 0.15) is 27.7 Å². The van der Waals surface area contributed by atoms with Gasteiger partial charge in [0.1, 0.15) is 0 Å². The maximum atomic E-state index is 5.34. The lowest BCUT2D eigenvalue weighted by molar-refractivity contribution is 0.378. The number of methoxy groups -OCH3 is 1. The number of nitrogens with two attached hydrogens (primary N) is 1. The zero-order valence-corrected chi connectivity index (χ0v) is 11.6. The minimum Gasteiger partial charge on any atom is -0.467 e. The van der Waals surface area contributed by atoms with Gasteiger partial charge in [-0.15, -0.1) is 0 Å². The SMILES string of the molecule is COc1nc(NN)nc(N(CC(C)C)C(C)C)n1. The topological polar surface area (TPSA) is 89.2 Å². The maximum absolute atomic E-state index is 5.34. The summed E-state index contributed by atoms with van der Waals surface area (Å²) in [4.78, 5) is 14.6. The molecule has 7 nitrogen and oxygen atoms in total. The van der Waals surface area contributed by atoms with Crippen LogP contribution < -0.4 is 20.9 Å². The van der Waals surface area contributed by atoms with E-state index >= 15 is 0 Å². The molecule has 1 aromatic rings. The molecule has 0 saturated carbocycles. The smallest absolute Gasteiger partial charge is 0.322 e. The molecule has 1 aromatic heterocycles.